The van der Waals surface area contributed by atoms with Gasteiger partial charge in [0.2, 0.25) is 5.91 Å². The zero-order chi connectivity index (χ0) is 20.5. The van der Waals surface area contributed by atoms with Crippen LogP contribution in [-0.2, 0) is 4.79 Å². The Morgan fingerprint density at radius 3 is 2.36 bits per heavy atom. The van der Waals surface area contributed by atoms with Gasteiger partial charge in [-0.1, -0.05) is 41.9 Å². The zero-order valence-electron chi connectivity index (χ0n) is 16.6. The van der Waals surface area contributed by atoms with E-state index in [-0.39, 0.29) is 11.8 Å². The molecule has 0 spiro atoms. The second-order valence-electron chi connectivity index (χ2n) is 7.93. The van der Waals surface area contributed by atoms with E-state index in [1.165, 1.54) is 0 Å². The van der Waals surface area contributed by atoms with Crippen molar-refractivity contribution in [3.63, 3.8) is 0 Å². The number of hydrogen-bond acceptors (Lipinski definition) is 2. The van der Waals surface area contributed by atoms with Crippen LogP contribution in [0, 0.1) is 0 Å². The summed E-state index contributed by atoms with van der Waals surface area (Å²) >= 11 is 6.07. The minimum absolute atomic E-state index is 0.146. The van der Waals surface area contributed by atoms with E-state index in [1.807, 2.05) is 64.1 Å². The van der Waals surface area contributed by atoms with Crippen molar-refractivity contribution in [2.45, 2.75) is 39.3 Å². The van der Waals surface area contributed by atoms with Gasteiger partial charge in [-0.25, -0.2) is 0 Å². The molecule has 28 heavy (non-hydrogen) atoms. The van der Waals surface area contributed by atoms with Crippen LogP contribution in [0.15, 0.2) is 48.5 Å². The molecule has 2 amide bonds. The van der Waals surface area contributed by atoms with Gasteiger partial charge in [0.05, 0.1) is 0 Å². The molecule has 5 heteroatoms. The second-order valence-corrected chi connectivity index (χ2v) is 8.36. The average molecular weight is 397 g/mol. The number of likely N-dealkylation sites (N-methyl/N-ethyl adjacent to an activating group) is 1. The molecule has 2 aromatic rings. The predicted octanol–water partition coefficient (Wildman–Crippen LogP) is 4.64. The van der Waals surface area contributed by atoms with Crippen LogP contribution in [0.1, 0.15) is 49.2 Å². The van der Waals surface area contributed by atoms with Gasteiger partial charge in [0, 0.05) is 22.7 Å². The molecule has 1 heterocycles. The summed E-state index contributed by atoms with van der Waals surface area (Å²) in [6, 6.07) is 14.1. The monoisotopic (exact) mass is 396 g/mol. The van der Waals surface area contributed by atoms with Crippen molar-refractivity contribution in [1.29, 1.82) is 0 Å². The van der Waals surface area contributed by atoms with E-state index in [2.05, 4.69) is 5.32 Å². The van der Waals surface area contributed by atoms with Crippen LogP contribution in [-0.4, -0.2) is 34.8 Å². The number of carbonyl (C=O) groups excluding carboxylic acids is 2. The first-order valence-corrected chi connectivity index (χ1v) is 9.78. The van der Waals surface area contributed by atoms with Gasteiger partial charge in [-0.3, -0.25) is 9.59 Å². The molecule has 0 bridgehead atoms. The lowest BCUT2D eigenvalue weighted by Crippen LogP contribution is -2.53. The number of nitrogens with zero attached hydrogens (tertiary/aromatic N) is 1. The van der Waals surface area contributed by atoms with Gasteiger partial charge in [-0.2, -0.15) is 0 Å². The minimum Gasteiger partial charge on any atom is -0.349 e. The van der Waals surface area contributed by atoms with Gasteiger partial charge in [0.1, 0.15) is 6.04 Å². The number of hydrogen-bond donors (Lipinski definition) is 1. The van der Waals surface area contributed by atoms with Gasteiger partial charge in [0.15, 0.2) is 0 Å². The standard InChI is InChI=1S/C23H25ClN2O2/c1-5-26-20(21(27)25-23(2,3)4)19(15-10-12-17(24)13-11-15)14-16-8-6-7-9-18(16)22(26)28/h6-14,20H,5H2,1-4H3,(H,25,27). The van der Waals surface area contributed by atoms with E-state index < -0.39 is 11.6 Å². The largest absolute Gasteiger partial charge is 0.349 e. The lowest BCUT2D eigenvalue weighted by Gasteiger charge is -2.33. The normalized spacial score (nSPS) is 16.9. The molecule has 0 radical (unpaired) electrons. The van der Waals surface area contributed by atoms with Crippen LogP contribution in [0.5, 0.6) is 0 Å². The number of carbonyl (C=O) groups is 2. The molecule has 1 N–H and O–H groups in total. The SMILES string of the molecule is CCN1C(=O)c2ccccc2C=C(c2ccc(Cl)cc2)C1C(=O)NC(C)(C)C. The molecule has 1 aliphatic rings. The molecule has 1 aliphatic heterocycles. The van der Waals surface area contributed by atoms with Crippen molar-refractivity contribution in [2.24, 2.45) is 0 Å². The molecule has 0 saturated carbocycles. The third-order valence-electron chi connectivity index (χ3n) is 4.63. The smallest absolute Gasteiger partial charge is 0.255 e. The molecule has 2 aromatic carbocycles. The summed E-state index contributed by atoms with van der Waals surface area (Å²) < 4.78 is 0. The van der Waals surface area contributed by atoms with Crippen molar-refractivity contribution in [3.8, 4) is 0 Å². The molecule has 4 nitrogen and oxygen atoms in total. The van der Waals surface area contributed by atoms with E-state index in [4.69, 9.17) is 11.6 Å². The third kappa shape index (κ3) is 4.12. The number of halogens is 1. The first-order valence-electron chi connectivity index (χ1n) is 9.41. The van der Waals surface area contributed by atoms with Gasteiger partial charge < -0.3 is 10.2 Å². The van der Waals surface area contributed by atoms with E-state index in [0.717, 1.165) is 16.7 Å². The first kappa shape index (κ1) is 20.2. The summed E-state index contributed by atoms with van der Waals surface area (Å²) in [5, 5.41) is 3.66. The molecule has 0 aliphatic carbocycles. The number of benzene rings is 2. The Morgan fingerprint density at radius 1 is 1.11 bits per heavy atom. The quantitative estimate of drug-likeness (QED) is 0.821. The number of rotatable bonds is 3. The Bertz CT molecular complexity index is 926. The van der Waals surface area contributed by atoms with Gasteiger partial charge in [-0.05, 0) is 68.7 Å². The molecule has 1 atom stereocenters. The van der Waals surface area contributed by atoms with Crippen LogP contribution < -0.4 is 5.32 Å². The van der Waals surface area contributed by atoms with Crippen LogP contribution in [0.4, 0.5) is 0 Å². The maximum absolute atomic E-state index is 13.3. The van der Waals surface area contributed by atoms with Gasteiger partial charge >= 0.3 is 0 Å². The lowest BCUT2D eigenvalue weighted by atomic mass is 9.94. The molecule has 0 fully saturated rings. The Morgan fingerprint density at radius 2 is 1.75 bits per heavy atom. The van der Waals surface area contributed by atoms with Crippen molar-refractivity contribution in [1.82, 2.24) is 10.2 Å². The average Bonchev–Trinajstić information content (AvgIpc) is 2.75. The fourth-order valence-corrected chi connectivity index (χ4v) is 3.56. The van der Waals surface area contributed by atoms with Crippen LogP contribution in [0.25, 0.3) is 11.6 Å². The van der Waals surface area contributed by atoms with Gasteiger partial charge in [0.25, 0.3) is 5.91 Å². The Labute approximate surface area is 171 Å². The zero-order valence-corrected chi connectivity index (χ0v) is 17.4. The highest BCUT2D eigenvalue weighted by Crippen LogP contribution is 2.32. The number of fused-ring (bicyclic) bond motifs is 1. The third-order valence-corrected chi connectivity index (χ3v) is 4.89. The van der Waals surface area contributed by atoms with Crippen molar-refractivity contribution in [3.05, 3.63) is 70.2 Å². The maximum atomic E-state index is 13.3. The highest BCUT2D eigenvalue weighted by Gasteiger charge is 2.37. The summed E-state index contributed by atoms with van der Waals surface area (Å²) in [6.07, 6.45) is 1.94. The topological polar surface area (TPSA) is 49.4 Å². The summed E-state index contributed by atoms with van der Waals surface area (Å²) in [4.78, 5) is 28.2. The highest BCUT2D eigenvalue weighted by atomic mass is 35.5. The van der Waals surface area contributed by atoms with Crippen LogP contribution >= 0.6 is 11.6 Å². The number of nitrogens with one attached hydrogen (secondary N) is 1. The van der Waals surface area contributed by atoms with Gasteiger partial charge in [-0.15, -0.1) is 0 Å². The minimum atomic E-state index is -0.731. The molecular weight excluding hydrogens is 372 g/mol. The molecule has 1 unspecified atom stereocenters. The molecule has 0 aromatic heterocycles. The summed E-state index contributed by atoms with van der Waals surface area (Å²) in [6.45, 7) is 8.10. The molecule has 3 rings (SSSR count). The van der Waals surface area contributed by atoms with Crippen molar-refractivity contribution < 1.29 is 9.59 Å². The summed E-state index contributed by atoms with van der Waals surface area (Å²) in [5.41, 5.74) is 2.63. The fourth-order valence-electron chi connectivity index (χ4n) is 3.43. The molecular formula is C23H25ClN2O2. The molecule has 146 valence electrons. The molecule has 0 saturated heterocycles. The van der Waals surface area contributed by atoms with E-state index in [9.17, 15) is 9.59 Å². The summed E-state index contributed by atoms with van der Waals surface area (Å²) in [5.74, 6) is -0.343. The maximum Gasteiger partial charge on any atom is 0.255 e. The Hall–Kier alpha value is -2.59. The summed E-state index contributed by atoms with van der Waals surface area (Å²) in [7, 11) is 0. The number of amides is 2. The van der Waals surface area contributed by atoms with Crippen LogP contribution in [0.3, 0.4) is 0 Å². The van der Waals surface area contributed by atoms with Crippen LogP contribution in [0.2, 0.25) is 5.02 Å². The lowest BCUT2D eigenvalue weighted by molar-refractivity contribution is -0.125. The Balaban J connectivity index is 2.21. The van der Waals surface area contributed by atoms with Crippen molar-refractivity contribution >= 4 is 35.1 Å². The fraction of sp³-hybridized carbons (Fsp3) is 0.304. The van der Waals surface area contributed by atoms with E-state index in [1.54, 1.807) is 23.1 Å². The first-order chi connectivity index (χ1) is 13.2. The van der Waals surface area contributed by atoms with E-state index >= 15 is 0 Å². The van der Waals surface area contributed by atoms with E-state index in [0.29, 0.717) is 17.1 Å². The Kier molecular flexibility index (Phi) is 5.61. The highest BCUT2D eigenvalue weighted by molar-refractivity contribution is 6.30. The predicted molar refractivity (Wildman–Crippen MR) is 114 cm³/mol. The van der Waals surface area contributed by atoms with Crippen molar-refractivity contribution in [2.75, 3.05) is 6.54 Å². The second kappa shape index (κ2) is 7.80.